The zero-order valence-electron chi connectivity index (χ0n) is 5.66. The molecule has 1 aliphatic heterocycles. The number of amidine groups is 1. The summed E-state index contributed by atoms with van der Waals surface area (Å²) in [6, 6.07) is 0. The monoisotopic (exact) mass is 170 g/mol. The van der Waals surface area contributed by atoms with Crippen molar-refractivity contribution in [2.75, 3.05) is 0 Å². The maximum absolute atomic E-state index is 7.21. The van der Waals surface area contributed by atoms with Crippen molar-refractivity contribution >= 4 is 24.5 Å². The molecule has 2 rings (SSSR count). The Bertz CT molecular complexity index is 301. The Kier molecular flexibility index (Phi) is 2.05. The molecule has 0 saturated carbocycles. The largest absolute Gasteiger partial charge is 0.286 e. The van der Waals surface area contributed by atoms with Gasteiger partial charge in [-0.05, 0) is 0 Å². The zero-order chi connectivity index (χ0) is 6.97. The van der Waals surface area contributed by atoms with Crippen LogP contribution in [0.1, 0.15) is 11.3 Å². The van der Waals surface area contributed by atoms with Crippen molar-refractivity contribution in [1.82, 2.24) is 10.2 Å². The van der Waals surface area contributed by atoms with Gasteiger partial charge in [0.1, 0.15) is 5.84 Å². The minimum Gasteiger partial charge on any atom is -0.286 e. The van der Waals surface area contributed by atoms with E-state index >= 15 is 0 Å². The van der Waals surface area contributed by atoms with Gasteiger partial charge in [0.2, 0.25) is 0 Å². The number of hydrogen-bond donors (Lipinski definition) is 2. The first-order valence-electron chi connectivity index (χ1n) is 3.00. The Morgan fingerprint density at radius 1 is 1.55 bits per heavy atom. The highest BCUT2D eigenvalue weighted by Crippen LogP contribution is 2.07. The summed E-state index contributed by atoms with van der Waals surface area (Å²) in [5.74, 6) is 0.386. The number of aliphatic imine (C=N–C) groups is 1. The van der Waals surface area contributed by atoms with Crippen LogP contribution in [0.25, 0.3) is 0 Å². The SMILES string of the molecule is Cl.N=C1Cc2[nH]ncc2C=N1. The van der Waals surface area contributed by atoms with Gasteiger partial charge in [0.05, 0.1) is 11.9 Å². The van der Waals surface area contributed by atoms with Crippen LogP contribution in [0, 0.1) is 5.41 Å². The average Bonchev–Trinajstić information content (AvgIpc) is 2.33. The summed E-state index contributed by atoms with van der Waals surface area (Å²) in [6.07, 6.45) is 3.95. The van der Waals surface area contributed by atoms with E-state index < -0.39 is 0 Å². The van der Waals surface area contributed by atoms with Crippen LogP contribution in [0.15, 0.2) is 11.2 Å². The van der Waals surface area contributed by atoms with Gasteiger partial charge in [-0.2, -0.15) is 5.10 Å². The molecule has 0 atom stereocenters. The molecule has 0 saturated heterocycles. The lowest BCUT2D eigenvalue weighted by molar-refractivity contribution is 1.01. The predicted molar refractivity (Wildman–Crippen MR) is 44.9 cm³/mol. The van der Waals surface area contributed by atoms with Crippen molar-refractivity contribution in [1.29, 1.82) is 5.41 Å². The van der Waals surface area contributed by atoms with E-state index in [9.17, 15) is 0 Å². The smallest absolute Gasteiger partial charge is 0.126 e. The normalized spacial score (nSPS) is 14.0. The lowest BCUT2D eigenvalue weighted by atomic mass is 10.1. The molecule has 11 heavy (non-hydrogen) atoms. The quantitative estimate of drug-likeness (QED) is 0.594. The van der Waals surface area contributed by atoms with Gasteiger partial charge < -0.3 is 0 Å². The second-order valence-electron chi connectivity index (χ2n) is 2.19. The summed E-state index contributed by atoms with van der Waals surface area (Å²) in [5.41, 5.74) is 1.98. The van der Waals surface area contributed by atoms with E-state index in [1.165, 1.54) is 0 Å². The second-order valence-corrected chi connectivity index (χ2v) is 2.19. The third-order valence-electron chi connectivity index (χ3n) is 1.46. The minimum absolute atomic E-state index is 0. The van der Waals surface area contributed by atoms with Crippen LogP contribution in [0.4, 0.5) is 0 Å². The average molecular weight is 171 g/mol. The Balaban J connectivity index is 0.000000605. The van der Waals surface area contributed by atoms with E-state index in [1.807, 2.05) is 0 Å². The van der Waals surface area contributed by atoms with Gasteiger partial charge in [0, 0.05) is 18.2 Å². The van der Waals surface area contributed by atoms with Crippen molar-refractivity contribution in [3.05, 3.63) is 17.5 Å². The van der Waals surface area contributed by atoms with Crippen LogP contribution >= 0.6 is 12.4 Å². The van der Waals surface area contributed by atoms with Gasteiger partial charge in [-0.3, -0.25) is 10.5 Å². The number of nitrogens with zero attached hydrogens (tertiary/aromatic N) is 2. The van der Waals surface area contributed by atoms with Gasteiger partial charge >= 0.3 is 0 Å². The van der Waals surface area contributed by atoms with Crippen LogP contribution in [0.5, 0.6) is 0 Å². The molecule has 2 heterocycles. The Morgan fingerprint density at radius 3 is 3.18 bits per heavy atom. The highest BCUT2D eigenvalue weighted by atomic mass is 35.5. The van der Waals surface area contributed by atoms with Crippen LogP contribution < -0.4 is 0 Å². The number of H-pyrrole nitrogens is 1. The fourth-order valence-electron chi connectivity index (χ4n) is 0.936. The predicted octanol–water partition coefficient (Wildman–Crippen LogP) is 0.784. The zero-order valence-corrected chi connectivity index (χ0v) is 6.48. The van der Waals surface area contributed by atoms with Crippen molar-refractivity contribution in [2.24, 2.45) is 4.99 Å². The highest BCUT2D eigenvalue weighted by molar-refractivity contribution is 5.98. The Morgan fingerprint density at radius 2 is 2.36 bits per heavy atom. The van der Waals surface area contributed by atoms with Crippen molar-refractivity contribution in [3.63, 3.8) is 0 Å². The van der Waals surface area contributed by atoms with Crippen LogP contribution in [-0.2, 0) is 6.42 Å². The van der Waals surface area contributed by atoms with Crippen molar-refractivity contribution in [3.8, 4) is 0 Å². The molecule has 0 fully saturated rings. The molecule has 0 spiro atoms. The summed E-state index contributed by atoms with van der Waals surface area (Å²) in [6.45, 7) is 0. The third kappa shape index (κ3) is 1.30. The lowest BCUT2D eigenvalue weighted by Crippen LogP contribution is -2.06. The van der Waals surface area contributed by atoms with Gasteiger partial charge in [0.25, 0.3) is 0 Å². The van der Waals surface area contributed by atoms with Crippen molar-refractivity contribution in [2.45, 2.75) is 6.42 Å². The topological polar surface area (TPSA) is 64.9 Å². The molecule has 0 aliphatic carbocycles. The molecular formula is C6H7ClN4. The molecule has 1 aromatic heterocycles. The Labute approximate surface area is 69.7 Å². The summed E-state index contributed by atoms with van der Waals surface area (Å²) < 4.78 is 0. The van der Waals surface area contributed by atoms with Crippen LogP contribution in [-0.4, -0.2) is 22.2 Å². The first-order chi connectivity index (χ1) is 4.86. The van der Waals surface area contributed by atoms with Gasteiger partial charge in [-0.25, -0.2) is 4.99 Å². The minimum atomic E-state index is 0. The molecular weight excluding hydrogens is 164 g/mol. The number of aromatic amines is 1. The molecule has 0 radical (unpaired) electrons. The van der Waals surface area contributed by atoms with Gasteiger partial charge in [0.15, 0.2) is 0 Å². The van der Waals surface area contributed by atoms with E-state index in [1.54, 1.807) is 12.4 Å². The number of hydrogen-bond acceptors (Lipinski definition) is 2. The molecule has 1 aliphatic rings. The van der Waals surface area contributed by atoms with E-state index in [2.05, 4.69) is 15.2 Å². The molecule has 1 aromatic rings. The highest BCUT2D eigenvalue weighted by Gasteiger charge is 2.09. The third-order valence-corrected chi connectivity index (χ3v) is 1.46. The fourth-order valence-corrected chi connectivity index (χ4v) is 0.936. The van der Waals surface area contributed by atoms with Crippen LogP contribution in [0.3, 0.4) is 0 Å². The number of nitrogens with one attached hydrogen (secondary N) is 2. The van der Waals surface area contributed by atoms with E-state index in [-0.39, 0.29) is 12.4 Å². The maximum atomic E-state index is 7.21. The molecule has 0 amide bonds. The summed E-state index contributed by atoms with van der Waals surface area (Å²) in [5, 5.41) is 13.8. The van der Waals surface area contributed by atoms with Gasteiger partial charge in [-0.15, -0.1) is 12.4 Å². The fraction of sp³-hybridized carbons (Fsp3) is 0.167. The summed E-state index contributed by atoms with van der Waals surface area (Å²) in [4.78, 5) is 3.84. The number of rotatable bonds is 0. The Hall–Kier alpha value is -1.16. The molecule has 0 bridgehead atoms. The van der Waals surface area contributed by atoms with Gasteiger partial charge in [-0.1, -0.05) is 0 Å². The summed E-state index contributed by atoms with van der Waals surface area (Å²) in [7, 11) is 0. The first kappa shape index (κ1) is 7.94. The maximum Gasteiger partial charge on any atom is 0.126 e. The molecule has 0 unspecified atom stereocenters. The molecule has 4 nitrogen and oxygen atoms in total. The van der Waals surface area contributed by atoms with Crippen molar-refractivity contribution < 1.29 is 0 Å². The molecule has 5 heteroatoms. The molecule has 0 aromatic carbocycles. The standard InChI is InChI=1S/C6H6N4.ClH/c7-6-1-5-4(2-8-6)3-9-10-5;/h2-3,7H,1H2,(H,9,10);1H. The van der Waals surface area contributed by atoms with E-state index in [0.717, 1.165) is 11.3 Å². The lowest BCUT2D eigenvalue weighted by Gasteiger charge is -2.01. The number of fused-ring (bicyclic) bond motifs is 1. The van der Waals surface area contributed by atoms with E-state index in [4.69, 9.17) is 5.41 Å². The van der Waals surface area contributed by atoms with Crippen LogP contribution in [0.2, 0.25) is 0 Å². The second kappa shape index (κ2) is 2.84. The number of aromatic nitrogens is 2. The molecule has 58 valence electrons. The number of halogens is 1. The molecule has 2 N–H and O–H groups in total. The van der Waals surface area contributed by atoms with E-state index in [0.29, 0.717) is 12.3 Å². The first-order valence-corrected chi connectivity index (χ1v) is 3.00. The summed E-state index contributed by atoms with van der Waals surface area (Å²) >= 11 is 0.